The van der Waals surface area contributed by atoms with E-state index in [0.29, 0.717) is 36.4 Å². The van der Waals surface area contributed by atoms with Gasteiger partial charge in [-0.2, -0.15) is 0 Å². The predicted molar refractivity (Wildman–Crippen MR) is 94.2 cm³/mol. The molecule has 2 aliphatic heterocycles. The first-order valence-corrected chi connectivity index (χ1v) is 8.45. The Morgan fingerprint density at radius 3 is 2.92 bits per heavy atom. The van der Waals surface area contributed by atoms with Crippen LogP contribution in [0.3, 0.4) is 0 Å². The van der Waals surface area contributed by atoms with E-state index in [2.05, 4.69) is 10.6 Å². The molecule has 2 heterocycles. The zero-order valence-corrected chi connectivity index (χ0v) is 14.2. The van der Waals surface area contributed by atoms with Crippen LogP contribution < -0.4 is 15.5 Å². The van der Waals surface area contributed by atoms with Crippen LogP contribution in [-0.2, 0) is 15.2 Å². The normalized spacial score (nSPS) is 24.5. The second-order valence-electron chi connectivity index (χ2n) is 6.40. The second kappa shape index (κ2) is 6.95. The molecule has 4 N–H and O–H groups in total. The average molecular weight is 345 g/mol. The summed E-state index contributed by atoms with van der Waals surface area (Å²) in [5.74, 6) is -0.996. The Kier molecular flexibility index (Phi) is 4.89. The first kappa shape index (κ1) is 17.6. The van der Waals surface area contributed by atoms with Crippen molar-refractivity contribution in [3.63, 3.8) is 0 Å². The number of carbonyl (C=O) groups is 2. The molecule has 2 atom stereocenters. The van der Waals surface area contributed by atoms with Crippen molar-refractivity contribution in [2.75, 3.05) is 36.5 Å². The number of hydrogen-bond acceptors (Lipinski definition) is 5. The van der Waals surface area contributed by atoms with Crippen LogP contribution >= 0.6 is 0 Å². The van der Waals surface area contributed by atoms with Gasteiger partial charge in [-0.1, -0.05) is 19.1 Å². The number of piperazine rings is 1. The van der Waals surface area contributed by atoms with Crippen molar-refractivity contribution in [2.45, 2.75) is 18.9 Å². The van der Waals surface area contributed by atoms with Crippen LogP contribution in [0.5, 0.6) is 0 Å². The monoisotopic (exact) mass is 345 g/mol. The highest BCUT2D eigenvalue weighted by molar-refractivity contribution is 6.06. The highest BCUT2D eigenvalue weighted by atomic mass is 16.3. The third-order valence-corrected chi connectivity index (χ3v) is 4.79. The van der Waals surface area contributed by atoms with Crippen molar-refractivity contribution in [1.29, 1.82) is 0 Å². The lowest BCUT2D eigenvalue weighted by molar-refractivity contribution is -0.137. The number of carbonyl (C=O) groups excluding carboxylic acids is 2. The highest BCUT2D eigenvalue weighted by Gasteiger charge is 2.48. The van der Waals surface area contributed by atoms with E-state index in [1.54, 1.807) is 42.2 Å². The summed E-state index contributed by atoms with van der Waals surface area (Å²) >= 11 is 0. The van der Waals surface area contributed by atoms with Crippen molar-refractivity contribution in [3.8, 4) is 0 Å². The Balaban J connectivity index is 1.96. The molecule has 1 saturated heterocycles. The molecule has 25 heavy (non-hydrogen) atoms. The number of amides is 2. The van der Waals surface area contributed by atoms with E-state index < -0.39 is 17.4 Å². The van der Waals surface area contributed by atoms with E-state index in [1.165, 1.54) is 0 Å². The molecular weight excluding hydrogens is 322 g/mol. The van der Waals surface area contributed by atoms with Gasteiger partial charge < -0.3 is 25.7 Å². The van der Waals surface area contributed by atoms with Gasteiger partial charge in [-0.25, -0.2) is 0 Å². The SMILES string of the molecule is C[C@@H](/C=C/CCO)[C@]1(O)C(=O)Nc2ccc(N3CCNCC3=O)cc21. The van der Waals surface area contributed by atoms with Gasteiger partial charge in [0.25, 0.3) is 5.91 Å². The molecular formula is C18H23N3O4. The topological polar surface area (TPSA) is 102 Å². The van der Waals surface area contributed by atoms with Gasteiger partial charge in [-0.3, -0.25) is 9.59 Å². The molecule has 2 aliphatic rings. The second-order valence-corrected chi connectivity index (χ2v) is 6.40. The Labute approximate surface area is 146 Å². The van der Waals surface area contributed by atoms with E-state index in [1.807, 2.05) is 0 Å². The molecule has 134 valence electrons. The van der Waals surface area contributed by atoms with Crippen molar-refractivity contribution in [2.24, 2.45) is 5.92 Å². The highest BCUT2D eigenvalue weighted by Crippen LogP contribution is 2.43. The number of aliphatic hydroxyl groups is 2. The summed E-state index contributed by atoms with van der Waals surface area (Å²) < 4.78 is 0. The summed E-state index contributed by atoms with van der Waals surface area (Å²) in [4.78, 5) is 26.2. The molecule has 0 aliphatic carbocycles. The quantitative estimate of drug-likeness (QED) is 0.577. The number of anilines is 2. The minimum absolute atomic E-state index is 0.0136. The Morgan fingerprint density at radius 1 is 1.40 bits per heavy atom. The van der Waals surface area contributed by atoms with Crippen LogP contribution in [0.1, 0.15) is 18.9 Å². The first-order valence-electron chi connectivity index (χ1n) is 8.45. The van der Waals surface area contributed by atoms with Gasteiger partial charge in [0, 0.05) is 42.6 Å². The Bertz CT molecular complexity index is 718. The Morgan fingerprint density at radius 2 is 2.20 bits per heavy atom. The maximum absolute atomic E-state index is 12.4. The van der Waals surface area contributed by atoms with E-state index in [9.17, 15) is 14.7 Å². The molecule has 0 saturated carbocycles. The summed E-state index contributed by atoms with van der Waals surface area (Å²) in [7, 11) is 0. The number of nitrogens with one attached hydrogen (secondary N) is 2. The van der Waals surface area contributed by atoms with Crippen LogP contribution in [0.4, 0.5) is 11.4 Å². The summed E-state index contributed by atoms with van der Waals surface area (Å²) in [6.45, 7) is 3.29. The average Bonchev–Trinajstić information content (AvgIpc) is 2.87. The Hall–Kier alpha value is -2.22. The van der Waals surface area contributed by atoms with Gasteiger partial charge in [0.1, 0.15) is 0 Å². The number of benzene rings is 1. The molecule has 0 radical (unpaired) electrons. The molecule has 0 bridgehead atoms. The van der Waals surface area contributed by atoms with Crippen molar-refractivity contribution >= 4 is 23.2 Å². The first-order chi connectivity index (χ1) is 12.0. The van der Waals surface area contributed by atoms with Crippen molar-refractivity contribution in [3.05, 3.63) is 35.9 Å². The van der Waals surface area contributed by atoms with Crippen LogP contribution in [-0.4, -0.2) is 48.3 Å². The third kappa shape index (κ3) is 3.06. The van der Waals surface area contributed by atoms with Gasteiger partial charge in [0.2, 0.25) is 5.91 Å². The van der Waals surface area contributed by atoms with E-state index >= 15 is 0 Å². The van der Waals surface area contributed by atoms with Crippen LogP contribution in [0.25, 0.3) is 0 Å². The molecule has 7 nitrogen and oxygen atoms in total. The molecule has 1 aromatic carbocycles. The number of fused-ring (bicyclic) bond motifs is 1. The summed E-state index contributed by atoms with van der Waals surface area (Å²) in [6, 6.07) is 5.22. The molecule has 2 amide bonds. The minimum atomic E-state index is -1.70. The van der Waals surface area contributed by atoms with Gasteiger partial charge in [0.15, 0.2) is 5.60 Å². The van der Waals surface area contributed by atoms with Gasteiger partial charge in [0.05, 0.1) is 6.54 Å². The van der Waals surface area contributed by atoms with E-state index in [-0.39, 0.29) is 19.1 Å². The third-order valence-electron chi connectivity index (χ3n) is 4.79. The maximum atomic E-state index is 12.4. The minimum Gasteiger partial charge on any atom is -0.396 e. The van der Waals surface area contributed by atoms with E-state index in [0.717, 1.165) is 0 Å². The zero-order chi connectivity index (χ0) is 18.0. The fraction of sp³-hybridized carbons (Fsp3) is 0.444. The molecule has 0 spiro atoms. The lowest BCUT2D eigenvalue weighted by atomic mass is 9.82. The lowest BCUT2D eigenvalue weighted by Crippen LogP contribution is -2.48. The van der Waals surface area contributed by atoms with Gasteiger partial charge in [-0.15, -0.1) is 0 Å². The molecule has 1 aromatic rings. The largest absolute Gasteiger partial charge is 0.396 e. The lowest BCUT2D eigenvalue weighted by Gasteiger charge is -2.30. The summed E-state index contributed by atoms with van der Waals surface area (Å²) in [5, 5.41) is 25.7. The van der Waals surface area contributed by atoms with Crippen molar-refractivity contribution < 1.29 is 19.8 Å². The van der Waals surface area contributed by atoms with E-state index in [4.69, 9.17) is 5.11 Å². The summed E-state index contributed by atoms with van der Waals surface area (Å²) in [6.07, 6.45) is 3.94. The number of rotatable bonds is 5. The molecule has 0 aromatic heterocycles. The van der Waals surface area contributed by atoms with Crippen LogP contribution in [0, 0.1) is 5.92 Å². The zero-order valence-electron chi connectivity index (χ0n) is 14.2. The molecule has 0 unspecified atom stereocenters. The fourth-order valence-electron chi connectivity index (χ4n) is 3.31. The number of nitrogens with zero attached hydrogens (tertiary/aromatic N) is 1. The fourth-order valence-corrected chi connectivity index (χ4v) is 3.31. The van der Waals surface area contributed by atoms with Gasteiger partial charge in [-0.05, 0) is 24.6 Å². The molecule has 1 fully saturated rings. The maximum Gasteiger partial charge on any atom is 0.261 e. The molecule has 7 heteroatoms. The smallest absolute Gasteiger partial charge is 0.261 e. The van der Waals surface area contributed by atoms with Crippen LogP contribution in [0.2, 0.25) is 0 Å². The standard InChI is InChI=1S/C18H23N3O4/c1-12(4-2-3-9-22)18(25)14-10-13(5-6-15(14)20-17(18)24)21-8-7-19-11-16(21)23/h2,4-6,10,12,19,22,25H,3,7-9,11H2,1H3,(H,20,24)/b4-2+/t12-,18+/m0/s1. The predicted octanol–water partition coefficient (Wildman–Crippen LogP) is 0.337. The van der Waals surface area contributed by atoms with Crippen LogP contribution in [0.15, 0.2) is 30.4 Å². The number of hydrogen-bond donors (Lipinski definition) is 4. The number of aliphatic hydroxyl groups excluding tert-OH is 1. The summed E-state index contributed by atoms with van der Waals surface area (Å²) in [5.41, 5.74) is 0.00409. The molecule has 3 rings (SSSR count). The van der Waals surface area contributed by atoms with Gasteiger partial charge >= 0.3 is 0 Å². The van der Waals surface area contributed by atoms with Crippen molar-refractivity contribution in [1.82, 2.24) is 5.32 Å².